The number of halogens is 1. The van der Waals surface area contributed by atoms with E-state index in [0.717, 1.165) is 40.6 Å². The monoisotopic (exact) mass is 437 g/mol. The number of fused-ring (bicyclic) bond motifs is 1. The molecule has 2 aromatic rings. The third-order valence-electron chi connectivity index (χ3n) is 4.27. The van der Waals surface area contributed by atoms with Crippen LogP contribution in [0.1, 0.15) is 50.9 Å². The number of aryl methyl sites for hydroxylation is 1. The van der Waals surface area contributed by atoms with Crippen LogP contribution in [0.4, 0.5) is 5.00 Å². The second-order valence-electron chi connectivity index (χ2n) is 5.93. The Bertz CT molecular complexity index is 846. The van der Waals surface area contributed by atoms with Crippen molar-refractivity contribution in [2.45, 2.75) is 32.6 Å². The standard InChI is InChI=1S/C19H20BrNO4S/c1-3-25-14-9-8-11(20)10-13(14)17(22)21-18-16(19(23)24-2)12-6-4-5-7-15(12)26-18/h8-10H,3-7H2,1-2H3,(H,21,22). The van der Waals surface area contributed by atoms with E-state index in [1.54, 1.807) is 12.1 Å². The average Bonchev–Trinajstić information content (AvgIpc) is 3.00. The predicted molar refractivity (Wildman–Crippen MR) is 106 cm³/mol. The van der Waals surface area contributed by atoms with Crippen LogP contribution >= 0.6 is 27.3 Å². The summed E-state index contributed by atoms with van der Waals surface area (Å²) < 4.78 is 11.3. The molecule has 1 N–H and O–H groups in total. The number of carbonyl (C=O) groups excluding carboxylic acids is 2. The number of benzene rings is 1. The van der Waals surface area contributed by atoms with Gasteiger partial charge in [-0.1, -0.05) is 15.9 Å². The van der Waals surface area contributed by atoms with Gasteiger partial charge in [-0.3, -0.25) is 4.79 Å². The Kier molecular flexibility index (Phi) is 5.98. The number of esters is 1. The molecule has 1 aliphatic rings. The molecule has 0 radical (unpaired) electrons. The zero-order valence-electron chi connectivity index (χ0n) is 14.7. The van der Waals surface area contributed by atoms with Gasteiger partial charge in [0.05, 0.1) is 24.8 Å². The Morgan fingerprint density at radius 1 is 1.27 bits per heavy atom. The van der Waals surface area contributed by atoms with E-state index < -0.39 is 5.97 Å². The molecule has 0 bridgehead atoms. The first-order valence-corrected chi connectivity index (χ1v) is 10.1. The van der Waals surface area contributed by atoms with Crippen molar-refractivity contribution in [1.29, 1.82) is 0 Å². The van der Waals surface area contributed by atoms with E-state index in [1.165, 1.54) is 18.4 Å². The smallest absolute Gasteiger partial charge is 0.341 e. The molecule has 1 heterocycles. The molecule has 1 amide bonds. The first-order chi connectivity index (χ1) is 12.5. The molecule has 1 aliphatic carbocycles. The SMILES string of the molecule is CCOc1ccc(Br)cc1C(=O)Nc1sc2c(c1C(=O)OC)CCCC2. The summed E-state index contributed by atoms with van der Waals surface area (Å²) in [5.74, 6) is -0.202. The Morgan fingerprint density at radius 2 is 2.04 bits per heavy atom. The third kappa shape index (κ3) is 3.78. The van der Waals surface area contributed by atoms with Crippen LogP contribution < -0.4 is 10.1 Å². The van der Waals surface area contributed by atoms with Gasteiger partial charge in [0.1, 0.15) is 10.8 Å². The van der Waals surface area contributed by atoms with Crippen molar-refractivity contribution in [2.75, 3.05) is 19.0 Å². The zero-order chi connectivity index (χ0) is 18.7. The van der Waals surface area contributed by atoms with Crippen molar-refractivity contribution in [3.05, 3.63) is 44.2 Å². The van der Waals surface area contributed by atoms with Gasteiger partial charge in [-0.15, -0.1) is 11.3 Å². The lowest BCUT2D eigenvalue weighted by molar-refractivity contribution is 0.0601. The van der Waals surface area contributed by atoms with E-state index in [-0.39, 0.29) is 5.91 Å². The minimum atomic E-state index is -0.404. The van der Waals surface area contributed by atoms with E-state index in [9.17, 15) is 9.59 Å². The molecule has 26 heavy (non-hydrogen) atoms. The van der Waals surface area contributed by atoms with E-state index in [2.05, 4.69) is 21.2 Å². The van der Waals surface area contributed by atoms with Gasteiger partial charge in [0.25, 0.3) is 5.91 Å². The topological polar surface area (TPSA) is 64.6 Å². The number of thiophene rings is 1. The van der Waals surface area contributed by atoms with Crippen molar-refractivity contribution in [3.63, 3.8) is 0 Å². The van der Waals surface area contributed by atoms with Crippen LogP contribution in [0.25, 0.3) is 0 Å². The summed E-state index contributed by atoms with van der Waals surface area (Å²) in [5.41, 5.74) is 1.93. The minimum absolute atomic E-state index is 0.307. The Balaban J connectivity index is 1.96. The van der Waals surface area contributed by atoms with Gasteiger partial charge in [0.2, 0.25) is 0 Å². The lowest BCUT2D eigenvalue weighted by atomic mass is 9.95. The number of hydrogen-bond donors (Lipinski definition) is 1. The van der Waals surface area contributed by atoms with Crippen molar-refractivity contribution in [2.24, 2.45) is 0 Å². The van der Waals surface area contributed by atoms with Crippen LogP contribution in [0, 0.1) is 0 Å². The number of ether oxygens (including phenoxy) is 2. The average molecular weight is 438 g/mol. The number of amides is 1. The predicted octanol–water partition coefficient (Wildman–Crippen LogP) is 4.83. The van der Waals surface area contributed by atoms with Crippen LogP contribution in [0.5, 0.6) is 5.75 Å². The molecule has 1 aromatic carbocycles. The molecule has 0 saturated heterocycles. The largest absolute Gasteiger partial charge is 0.493 e. The Morgan fingerprint density at radius 3 is 2.77 bits per heavy atom. The van der Waals surface area contributed by atoms with Crippen LogP contribution in [-0.4, -0.2) is 25.6 Å². The van der Waals surface area contributed by atoms with E-state index in [0.29, 0.717) is 28.5 Å². The van der Waals surface area contributed by atoms with Gasteiger partial charge in [-0.2, -0.15) is 0 Å². The molecule has 138 valence electrons. The number of methoxy groups -OCH3 is 1. The molecule has 0 fully saturated rings. The molecule has 0 aliphatic heterocycles. The van der Waals surface area contributed by atoms with E-state index in [1.807, 2.05) is 13.0 Å². The summed E-state index contributed by atoms with van der Waals surface area (Å²) in [6, 6.07) is 5.29. The van der Waals surface area contributed by atoms with Gasteiger partial charge >= 0.3 is 5.97 Å². The molecule has 1 aromatic heterocycles. The molecule has 0 saturated carbocycles. The van der Waals surface area contributed by atoms with Crippen LogP contribution in [0.2, 0.25) is 0 Å². The maximum Gasteiger partial charge on any atom is 0.341 e. The highest BCUT2D eigenvalue weighted by atomic mass is 79.9. The summed E-state index contributed by atoms with van der Waals surface area (Å²) in [4.78, 5) is 26.3. The highest BCUT2D eigenvalue weighted by molar-refractivity contribution is 9.10. The Labute approximate surface area is 164 Å². The van der Waals surface area contributed by atoms with Gasteiger partial charge in [0.15, 0.2) is 0 Å². The number of anilines is 1. The summed E-state index contributed by atoms with van der Waals surface area (Å²) in [6.45, 7) is 2.33. The molecule has 5 nitrogen and oxygen atoms in total. The molecular formula is C19H20BrNO4S. The molecule has 3 rings (SSSR count). The number of nitrogens with one attached hydrogen (secondary N) is 1. The molecule has 0 spiro atoms. The highest BCUT2D eigenvalue weighted by Gasteiger charge is 2.27. The summed E-state index contributed by atoms with van der Waals surface area (Å²) in [5, 5.41) is 3.46. The van der Waals surface area contributed by atoms with Crippen molar-refractivity contribution in [3.8, 4) is 5.75 Å². The number of hydrogen-bond acceptors (Lipinski definition) is 5. The molecular weight excluding hydrogens is 418 g/mol. The number of carbonyl (C=O) groups is 2. The first-order valence-electron chi connectivity index (χ1n) is 8.51. The fourth-order valence-corrected chi connectivity index (χ4v) is 4.74. The minimum Gasteiger partial charge on any atom is -0.493 e. The molecule has 7 heteroatoms. The second kappa shape index (κ2) is 8.22. The van der Waals surface area contributed by atoms with Crippen molar-refractivity contribution < 1.29 is 19.1 Å². The second-order valence-corrected chi connectivity index (χ2v) is 7.96. The quantitative estimate of drug-likeness (QED) is 0.680. The fourth-order valence-electron chi connectivity index (χ4n) is 3.10. The molecule has 0 atom stereocenters. The van der Waals surface area contributed by atoms with Gasteiger partial charge in [0, 0.05) is 9.35 Å². The highest BCUT2D eigenvalue weighted by Crippen LogP contribution is 2.39. The summed E-state index contributed by atoms with van der Waals surface area (Å²) in [7, 11) is 1.36. The van der Waals surface area contributed by atoms with Crippen LogP contribution in [-0.2, 0) is 17.6 Å². The maximum atomic E-state index is 12.9. The normalized spacial score (nSPS) is 13.0. The number of rotatable bonds is 5. The Hall–Kier alpha value is -1.86. The zero-order valence-corrected chi connectivity index (χ0v) is 17.1. The third-order valence-corrected chi connectivity index (χ3v) is 5.97. The fraction of sp³-hybridized carbons (Fsp3) is 0.368. The molecule has 0 unspecified atom stereocenters. The summed E-state index contributed by atoms with van der Waals surface area (Å²) in [6.07, 6.45) is 3.91. The van der Waals surface area contributed by atoms with Gasteiger partial charge < -0.3 is 14.8 Å². The van der Waals surface area contributed by atoms with Crippen LogP contribution in [0.15, 0.2) is 22.7 Å². The summed E-state index contributed by atoms with van der Waals surface area (Å²) >= 11 is 4.86. The maximum absolute atomic E-state index is 12.9. The van der Waals surface area contributed by atoms with E-state index >= 15 is 0 Å². The van der Waals surface area contributed by atoms with Crippen molar-refractivity contribution in [1.82, 2.24) is 0 Å². The lowest BCUT2D eigenvalue weighted by Gasteiger charge is -2.12. The first kappa shape index (κ1) is 18.9. The van der Waals surface area contributed by atoms with Crippen LogP contribution in [0.3, 0.4) is 0 Å². The lowest BCUT2D eigenvalue weighted by Crippen LogP contribution is -2.16. The van der Waals surface area contributed by atoms with Gasteiger partial charge in [-0.25, -0.2) is 4.79 Å². The van der Waals surface area contributed by atoms with E-state index in [4.69, 9.17) is 9.47 Å². The van der Waals surface area contributed by atoms with Gasteiger partial charge in [-0.05, 0) is 56.4 Å². The van der Waals surface area contributed by atoms with Crippen molar-refractivity contribution >= 4 is 44.1 Å².